The molecular formula is C21H42N2O2. The first kappa shape index (κ1) is 23.9. The smallest absolute Gasteiger partial charge is 0.223 e. The lowest BCUT2D eigenvalue weighted by Crippen LogP contribution is -2.45. The summed E-state index contributed by atoms with van der Waals surface area (Å²) in [5.74, 6) is 0.380. The van der Waals surface area contributed by atoms with Crippen LogP contribution >= 0.6 is 0 Å². The highest BCUT2D eigenvalue weighted by Gasteiger charge is 2.25. The van der Waals surface area contributed by atoms with Gasteiger partial charge in [-0.15, -0.1) is 0 Å². The molecule has 0 fully saturated rings. The molecule has 0 spiro atoms. The Balaban J connectivity index is 4.74. The van der Waals surface area contributed by atoms with Gasteiger partial charge in [0.25, 0.3) is 0 Å². The Morgan fingerprint density at radius 2 is 0.840 bits per heavy atom. The van der Waals surface area contributed by atoms with E-state index >= 15 is 0 Å². The maximum absolute atomic E-state index is 12.7. The molecule has 0 heterocycles. The molecule has 4 atom stereocenters. The molecule has 25 heavy (non-hydrogen) atoms. The van der Waals surface area contributed by atoms with Crippen molar-refractivity contribution in [1.82, 2.24) is 9.80 Å². The molecule has 4 heteroatoms. The van der Waals surface area contributed by atoms with E-state index in [2.05, 4.69) is 55.4 Å². The zero-order valence-electron chi connectivity index (χ0n) is 18.0. The average molecular weight is 355 g/mol. The van der Waals surface area contributed by atoms with Crippen LogP contribution in [-0.2, 0) is 9.59 Å². The topological polar surface area (TPSA) is 40.6 Å². The lowest BCUT2D eigenvalue weighted by molar-refractivity contribution is -0.137. The van der Waals surface area contributed by atoms with Crippen LogP contribution in [0.15, 0.2) is 0 Å². The van der Waals surface area contributed by atoms with E-state index in [1.165, 1.54) is 0 Å². The third kappa shape index (κ3) is 7.37. The Morgan fingerprint density at radius 1 is 0.600 bits per heavy atom. The summed E-state index contributed by atoms with van der Waals surface area (Å²) in [7, 11) is 0. The molecular weight excluding hydrogens is 312 g/mol. The summed E-state index contributed by atoms with van der Waals surface area (Å²) in [5, 5.41) is 0. The Labute approximate surface area is 156 Å². The molecule has 0 rings (SSSR count). The van der Waals surface area contributed by atoms with Gasteiger partial charge in [0.1, 0.15) is 0 Å². The Bertz CT molecular complexity index is 341. The molecule has 4 nitrogen and oxygen atoms in total. The van der Waals surface area contributed by atoms with Crippen LogP contribution in [0.2, 0.25) is 0 Å². The molecule has 0 aliphatic heterocycles. The number of hydrogen-bond acceptors (Lipinski definition) is 2. The largest absolute Gasteiger partial charge is 0.337 e. The number of carbonyl (C=O) groups is 2. The van der Waals surface area contributed by atoms with Crippen molar-refractivity contribution in [1.29, 1.82) is 0 Å². The van der Waals surface area contributed by atoms with E-state index in [1.54, 1.807) is 0 Å². The lowest BCUT2D eigenvalue weighted by Gasteiger charge is -2.35. The summed E-state index contributed by atoms with van der Waals surface area (Å²) >= 11 is 0. The van der Waals surface area contributed by atoms with E-state index in [0.29, 0.717) is 19.3 Å². The maximum atomic E-state index is 12.7. The Morgan fingerprint density at radius 3 is 1.04 bits per heavy atom. The van der Waals surface area contributed by atoms with Crippen molar-refractivity contribution in [3.05, 3.63) is 0 Å². The third-order valence-electron chi connectivity index (χ3n) is 5.62. The Hall–Kier alpha value is -1.06. The van der Waals surface area contributed by atoms with Crippen molar-refractivity contribution < 1.29 is 9.59 Å². The van der Waals surface area contributed by atoms with Gasteiger partial charge in [0.05, 0.1) is 0 Å². The van der Waals surface area contributed by atoms with Gasteiger partial charge in [0.15, 0.2) is 0 Å². The van der Waals surface area contributed by atoms with Gasteiger partial charge in [-0.25, -0.2) is 0 Å². The first-order chi connectivity index (χ1) is 11.7. The van der Waals surface area contributed by atoms with Crippen molar-refractivity contribution in [3.8, 4) is 0 Å². The molecule has 0 aliphatic rings. The predicted molar refractivity (Wildman–Crippen MR) is 107 cm³/mol. The average Bonchev–Trinajstić information content (AvgIpc) is 2.60. The predicted octanol–water partition coefficient (Wildman–Crippen LogP) is 5.01. The van der Waals surface area contributed by atoms with Gasteiger partial charge in [-0.1, -0.05) is 27.7 Å². The fourth-order valence-corrected chi connectivity index (χ4v) is 3.29. The summed E-state index contributed by atoms with van der Waals surface area (Å²) in [4.78, 5) is 29.4. The number of nitrogens with zero attached hydrogens (tertiary/aromatic N) is 2. The van der Waals surface area contributed by atoms with Crippen LogP contribution < -0.4 is 0 Å². The summed E-state index contributed by atoms with van der Waals surface area (Å²) < 4.78 is 0. The van der Waals surface area contributed by atoms with Crippen molar-refractivity contribution in [2.24, 2.45) is 0 Å². The van der Waals surface area contributed by atoms with Gasteiger partial charge in [-0.2, -0.15) is 0 Å². The SMILES string of the molecule is CC[C@H](C)N(C(=O)CCCC(=O)N([C@@H](C)CC)[C@@H](C)CC)[C@@H](C)CC. The third-order valence-corrected chi connectivity index (χ3v) is 5.62. The quantitative estimate of drug-likeness (QED) is 0.494. The summed E-state index contributed by atoms with van der Waals surface area (Å²) in [5.41, 5.74) is 0. The van der Waals surface area contributed by atoms with Crippen molar-refractivity contribution >= 4 is 11.8 Å². The van der Waals surface area contributed by atoms with Crippen LogP contribution in [0.5, 0.6) is 0 Å². The molecule has 0 N–H and O–H groups in total. The van der Waals surface area contributed by atoms with Crippen molar-refractivity contribution in [2.45, 2.75) is 125 Å². The van der Waals surface area contributed by atoms with Gasteiger partial charge in [-0.3, -0.25) is 9.59 Å². The molecule has 2 amide bonds. The monoisotopic (exact) mass is 354 g/mol. The highest BCUT2D eigenvalue weighted by Crippen LogP contribution is 2.17. The molecule has 0 aliphatic carbocycles. The van der Waals surface area contributed by atoms with E-state index in [1.807, 2.05) is 9.80 Å². The molecule has 0 aromatic heterocycles. The number of hydrogen-bond donors (Lipinski definition) is 0. The first-order valence-electron chi connectivity index (χ1n) is 10.4. The molecule has 0 aromatic carbocycles. The second-order valence-corrected chi connectivity index (χ2v) is 7.48. The van der Waals surface area contributed by atoms with Crippen LogP contribution in [0, 0.1) is 0 Å². The van der Waals surface area contributed by atoms with E-state index in [-0.39, 0.29) is 36.0 Å². The van der Waals surface area contributed by atoms with E-state index in [0.717, 1.165) is 25.7 Å². The molecule has 148 valence electrons. The molecule has 0 unspecified atom stereocenters. The fourth-order valence-electron chi connectivity index (χ4n) is 3.29. The minimum absolute atomic E-state index is 0.190. The van der Waals surface area contributed by atoms with Crippen molar-refractivity contribution in [3.63, 3.8) is 0 Å². The van der Waals surface area contributed by atoms with E-state index in [9.17, 15) is 9.59 Å². The normalized spacial score (nSPS) is 16.0. The van der Waals surface area contributed by atoms with Crippen LogP contribution in [0.4, 0.5) is 0 Å². The summed E-state index contributed by atoms with van der Waals surface area (Å²) in [6.45, 7) is 16.9. The number of amides is 2. The van der Waals surface area contributed by atoms with Crippen LogP contribution in [0.25, 0.3) is 0 Å². The van der Waals surface area contributed by atoms with Gasteiger partial charge in [0.2, 0.25) is 11.8 Å². The first-order valence-corrected chi connectivity index (χ1v) is 10.4. The van der Waals surface area contributed by atoms with Crippen LogP contribution in [0.1, 0.15) is 100 Å². The van der Waals surface area contributed by atoms with E-state index < -0.39 is 0 Å². The summed E-state index contributed by atoms with van der Waals surface area (Å²) in [6, 6.07) is 1.04. The van der Waals surface area contributed by atoms with Crippen molar-refractivity contribution in [2.75, 3.05) is 0 Å². The van der Waals surface area contributed by atoms with E-state index in [4.69, 9.17) is 0 Å². The second-order valence-electron chi connectivity index (χ2n) is 7.48. The van der Waals surface area contributed by atoms with Gasteiger partial charge >= 0.3 is 0 Å². The lowest BCUT2D eigenvalue weighted by atomic mass is 10.1. The zero-order valence-corrected chi connectivity index (χ0v) is 18.0. The minimum Gasteiger partial charge on any atom is -0.337 e. The van der Waals surface area contributed by atoms with Gasteiger partial charge in [-0.05, 0) is 59.8 Å². The zero-order chi connectivity index (χ0) is 19.6. The molecule has 0 bridgehead atoms. The standard InChI is InChI=1S/C21H42N2O2/c1-9-16(5)22(17(6)10-2)20(24)14-13-15-21(25)23(18(7)11-3)19(8)12-4/h16-19H,9-15H2,1-8H3/t16-,17-,18-,19-/m0/s1. The highest BCUT2D eigenvalue weighted by atomic mass is 16.2. The highest BCUT2D eigenvalue weighted by molar-refractivity contribution is 5.79. The van der Waals surface area contributed by atoms with Crippen LogP contribution in [-0.4, -0.2) is 45.8 Å². The van der Waals surface area contributed by atoms with Crippen LogP contribution in [0.3, 0.4) is 0 Å². The Kier molecular flexibility index (Phi) is 11.8. The molecule has 0 aromatic rings. The molecule has 0 saturated heterocycles. The van der Waals surface area contributed by atoms with Gasteiger partial charge in [0, 0.05) is 37.0 Å². The van der Waals surface area contributed by atoms with Gasteiger partial charge < -0.3 is 9.80 Å². The number of carbonyl (C=O) groups excluding carboxylic acids is 2. The second kappa shape index (κ2) is 12.3. The fraction of sp³-hybridized carbons (Fsp3) is 0.905. The molecule has 0 radical (unpaired) electrons. The summed E-state index contributed by atoms with van der Waals surface area (Å²) in [6.07, 6.45) is 5.43. The number of rotatable bonds is 12. The minimum atomic E-state index is 0.190. The molecule has 0 saturated carbocycles. The maximum Gasteiger partial charge on any atom is 0.223 e.